The van der Waals surface area contributed by atoms with Crippen molar-refractivity contribution in [1.29, 1.82) is 0 Å². The summed E-state index contributed by atoms with van der Waals surface area (Å²) in [5.74, 6) is -0.0816. The van der Waals surface area contributed by atoms with Crippen LogP contribution in [-0.4, -0.2) is 22.4 Å². The normalized spacial score (nSPS) is 10.3. The van der Waals surface area contributed by atoms with Crippen LogP contribution in [0.1, 0.15) is 35.0 Å². The van der Waals surface area contributed by atoms with Gasteiger partial charge in [0.1, 0.15) is 0 Å². The maximum absolute atomic E-state index is 12.3. The monoisotopic (exact) mass is 272 g/mol. The molecule has 106 valence electrons. The number of aromatic nitrogens is 2. The molecule has 0 radical (unpaired) electrons. The smallest absolute Gasteiger partial charge is 0.253 e. The van der Waals surface area contributed by atoms with E-state index in [-0.39, 0.29) is 5.91 Å². The second-order valence-electron chi connectivity index (χ2n) is 4.74. The first kappa shape index (κ1) is 14.1. The van der Waals surface area contributed by atoms with Crippen LogP contribution in [0.5, 0.6) is 0 Å². The third-order valence-corrected chi connectivity index (χ3v) is 2.98. The number of imidazole rings is 1. The Bertz CT molecular complexity index is 563. The van der Waals surface area contributed by atoms with Crippen LogP contribution in [0.15, 0.2) is 30.7 Å². The molecular formula is C15H20N4O. The van der Waals surface area contributed by atoms with E-state index in [2.05, 4.69) is 27.5 Å². The molecule has 1 aromatic carbocycles. The highest BCUT2D eigenvalue weighted by atomic mass is 16.1. The van der Waals surface area contributed by atoms with Crippen molar-refractivity contribution in [3.63, 3.8) is 0 Å². The second-order valence-corrected chi connectivity index (χ2v) is 4.74. The molecule has 3 N–H and O–H groups in total. The molecule has 0 aliphatic heterocycles. The molecule has 0 atom stereocenters. The fraction of sp³-hybridized carbons (Fsp3) is 0.333. The van der Waals surface area contributed by atoms with Gasteiger partial charge in [0.25, 0.3) is 5.91 Å². The molecule has 2 aromatic rings. The summed E-state index contributed by atoms with van der Waals surface area (Å²) in [6, 6.07) is 5.86. The number of carbonyl (C=O) groups excluding carboxylic acids is 1. The fourth-order valence-corrected chi connectivity index (χ4v) is 1.91. The predicted octanol–water partition coefficient (Wildman–Crippen LogP) is 2.47. The van der Waals surface area contributed by atoms with Gasteiger partial charge in [-0.3, -0.25) is 4.79 Å². The Hall–Kier alpha value is -2.30. The number of hydrogen-bond acceptors (Lipinski definition) is 3. The third kappa shape index (κ3) is 3.60. The van der Waals surface area contributed by atoms with Gasteiger partial charge in [-0.05, 0) is 25.5 Å². The summed E-state index contributed by atoms with van der Waals surface area (Å²) < 4.78 is 0. The molecule has 2 rings (SSSR count). The number of carbonyl (C=O) groups is 1. The quantitative estimate of drug-likeness (QED) is 0.756. The molecule has 0 unspecified atom stereocenters. The van der Waals surface area contributed by atoms with Gasteiger partial charge in [0.2, 0.25) is 0 Å². The van der Waals surface area contributed by atoms with Crippen molar-refractivity contribution in [2.24, 2.45) is 0 Å². The highest BCUT2D eigenvalue weighted by molar-refractivity contribution is 5.99. The van der Waals surface area contributed by atoms with Crippen LogP contribution in [0.2, 0.25) is 0 Å². The number of aromatic amines is 1. The zero-order valence-electron chi connectivity index (χ0n) is 11.9. The Labute approximate surface area is 118 Å². The Kier molecular flexibility index (Phi) is 4.76. The number of amides is 1. The second kappa shape index (κ2) is 6.75. The van der Waals surface area contributed by atoms with Crippen LogP contribution < -0.4 is 10.6 Å². The summed E-state index contributed by atoms with van der Waals surface area (Å²) in [6.07, 6.45) is 4.32. The number of aryl methyl sites for hydroxylation is 1. The van der Waals surface area contributed by atoms with Crippen molar-refractivity contribution < 1.29 is 4.79 Å². The van der Waals surface area contributed by atoms with Gasteiger partial charge in [-0.15, -0.1) is 0 Å². The van der Waals surface area contributed by atoms with E-state index in [0.29, 0.717) is 12.1 Å². The minimum Gasteiger partial charge on any atom is -0.384 e. The molecule has 1 amide bonds. The highest BCUT2D eigenvalue weighted by Crippen LogP contribution is 2.17. The van der Waals surface area contributed by atoms with Crippen molar-refractivity contribution in [2.75, 3.05) is 11.9 Å². The number of H-pyrrole nitrogens is 1. The van der Waals surface area contributed by atoms with E-state index in [4.69, 9.17) is 0 Å². The van der Waals surface area contributed by atoms with Crippen molar-refractivity contribution in [1.82, 2.24) is 15.3 Å². The number of nitrogens with zero attached hydrogens (tertiary/aromatic N) is 1. The maximum atomic E-state index is 12.3. The number of benzene rings is 1. The molecule has 0 spiro atoms. The van der Waals surface area contributed by atoms with Crippen molar-refractivity contribution in [3.8, 4) is 0 Å². The summed E-state index contributed by atoms with van der Waals surface area (Å²) in [5, 5.41) is 6.18. The first-order valence-electron chi connectivity index (χ1n) is 6.80. The lowest BCUT2D eigenvalue weighted by molar-refractivity contribution is 0.0951. The van der Waals surface area contributed by atoms with Crippen LogP contribution in [0.25, 0.3) is 0 Å². The zero-order valence-corrected chi connectivity index (χ0v) is 11.9. The molecule has 0 saturated carbocycles. The Morgan fingerprint density at radius 1 is 1.40 bits per heavy atom. The Balaban J connectivity index is 2.08. The molecule has 0 bridgehead atoms. The molecule has 0 aliphatic carbocycles. The van der Waals surface area contributed by atoms with E-state index in [1.54, 1.807) is 12.5 Å². The summed E-state index contributed by atoms with van der Waals surface area (Å²) in [5.41, 5.74) is 3.50. The first-order chi connectivity index (χ1) is 9.70. The molecule has 1 aromatic heterocycles. The molecule has 5 heteroatoms. The van der Waals surface area contributed by atoms with Gasteiger partial charge in [0, 0.05) is 18.4 Å². The standard InChI is InChI=1S/C15H20N4O/c1-3-6-17-14-5-4-11(2)7-13(14)15(20)18-9-12-8-16-10-19-12/h4-5,7-8,10,17H,3,6,9H2,1-2H3,(H,16,19)(H,18,20). The van der Waals surface area contributed by atoms with Crippen molar-refractivity contribution >= 4 is 11.6 Å². The van der Waals surface area contributed by atoms with Gasteiger partial charge in [-0.2, -0.15) is 0 Å². The van der Waals surface area contributed by atoms with Crippen LogP contribution in [0.4, 0.5) is 5.69 Å². The highest BCUT2D eigenvalue weighted by Gasteiger charge is 2.11. The lowest BCUT2D eigenvalue weighted by Gasteiger charge is -2.12. The van der Waals surface area contributed by atoms with E-state index < -0.39 is 0 Å². The average Bonchev–Trinajstić information content (AvgIpc) is 2.96. The molecule has 5 nitrogen and oxygen atoms in total. The molecule has 0 saturated heterocycles. The Morgan fingerprint density at radius 2 is 2.25 bits per heavy atom. The summed E-state index contributed by atoms with van der Waals surface area (Å²) >= 11 is 0. The average molecular weight is 272 g/mol. The van der Waals surface area contributed by atoms with Gasteiger partial charge < -0.3 is 15.6 Å². The van der Waals surface area contributed by atoms with Gasteiger partial charge >= 0.3 is 0 Å². The number of anilines is 1. The lowest BCUT2D eigenvalue weighted by Crippen LogP contribution is -2.24. The van der Waals surface area contributed by atoms with Crippen LogP contribution in [0, 0.1) is 6.92 Å². The zero-order chi connectivity index (χ0) is 14.4. The van der Waals surface area contributed by atoms with Crippen LogP contribution >= 0.6 is 0 Å². The van der Waals surface area contributed by atoms with E-state index in [9.17, 15) is 4.79 Å². The topological polar surface area (TPSA) is 69.8 Å². The third-order valence-electron chi connectivity index (χ3n) is 2.98. The van der Waals surface area contributed by atoms with Crippen LogP contribution in [0.3, 0.4) is 0 Å². The molecule has 0 aliphatic rings. The minimum absolute atomic E-state index is 0.0816. The fourth-order valence-electron chi connectivity index (χ4n) is 1.91. The summed E-state index contributed by atoms with van der Waals surface area (Å²) in [6.45, 7) is 5.37. The maximum Gasteiger partial charge on any atom is 0.253 e. The molecule has 1 heterocycles. The van der Waals surface area contributed by atoms with E-state index >= 15 is 0 Å². The van der Waals surface area contributed by atoms with Gasteiger partial charge in [0.15, 0.2) is 0 Å². The van der Waals surface area contributed by atoms with Gasteiger partial charge in [-0.25, -0.2) is 4.98 Å². The van der Waals surface area contributed by atoms with Gasteiger partial charge in [0.05, 0.1) is 24.1 Å². The number of nitrogens with one attached hydrogen (secondary N) is 3. The predicted molar refractivity (Wildman–Crippen MR) is 79.7 cm³/mol. The lowest BCUT2D eigenvalue weighted by atomic mass is 10.1. The van der Waals surface area contributed by atoms with Gasteiger partial charge in [-0.1, -0.05) is 18.6 Å². The number of hydrogen-bond donors (Lipinski definition) is 3. The number of rotatable bonds is 6. The minimum atomic E-state index is -0.0816. The van der Waals surface area contributed by atoms with Crippen molar-refractivity contribution in [3.05, 3.63) is 47.5 Å². The van der Waals surface area contributed by atoms with Crippen LogP contribution in [-0.2, 0) is 6.54 Å². The molecule has 20 heavy (non-hydrogen) atoms. The summed E-state index contributed by atoms with van der Waals surface area (Å²) in [7, 11) is 0. The summed E-state index contributed by atoms with van der Waals surface area (Å²) in [4.78, 5) is 19.2. The molecular weight excluding hydrogens is 252 g/mol. The van der Waals surface area contributed by atoms with E-state index in [1.807, 2.05) is 25.1 Å². The first-order valence-corrected chi connectivity index (χ1v) is 6.80. The SMILES string of the molecule is CCCNc1ccc(C)cc1C(=O)NCc1cnc[nH]1. The largest absolute Gasteiger partial charge is 0.384 e. The Morgan fingerprint density at radius 3 is 2.95 bits per heavy atom. The molecule has 0 fully saturated rings. The van der Waals surface area contributed by atoms with Crippen molar-refractivity contribution in [2.45, 2.75) is 26.8 Å². The van der Waals surface area contributed by atoms with E-state index in [0.717, 1.165) is 29.9 Å². The van der Waals surface area contributed by atoms with E-state index in [1.165, 1.54) is 0 Å².